The highest BCUT2D eigenvalue weighted by Crippen LogP contribution is 2.17. The molecule has 1 amide bonds. The zero-order valence-corrected chi connectivity index (χ0v) is 15.0. The average molecular weight is 351 g/mol. The Morgan fingerprint density at radius 2 is 2.04 bits per heavy atom. The van der Waals surface area contributed by atoms with Crippen molar-refractivity contribution in [1.82, 2.24) is 4.72 Å². The summed E-state index contributed by atoms with van der Waals surface area (Å²) in [6.07, 6.45) is 4.03. The standard InChI is InChI=1S/C17H25N3O3S/c1-13(2)11-17(21)19-14-7-6-8-15(12-14)24(22,23)20-16-9-4-3-5-10-18-16/h6-8,12-13H,3-5,9-11H2,1-2H3,(H,18,20)(H,19,21). The maximum Gasteiger partial charge on any atom is 0.262 e. The lowest BCUT2D eigenvalue weighted by Gasteiger charge is -2.12. The van der Waals surface area contributed by atoms with Gasteiger partial charge in [-0.15, -0.1) is 0 Å². The van der Waals surface area contributed by atoms with Crippen LogP contribution >= 0.6 is 0 Å². The number of hydrogen-bond acceptors (Lipinski definition) is 4. The molecular formula is C17H25N3O3S. The van der Waals surface area contributed by atoms with E-state index >= 15 is 0 Å². The molecule has 0 aliphatic carbocycles. The number of nitrogens with zero attached hydrogens (tertiary/aromatic N) is 1. The van der Waals surface area contributed by atoms with Crippen LogP contribution in [-0.4, -0.2) is 26.7 Å². The summed E-state index contributed by atoms with van der Waals surface area (Å²) in [7, 11) is -3.69. The lowest BCUT2D eigenvalue weighted by atomic mass is 10.1. The summed E-state index contributed by atoms with van der Waals surface area (Å²) in [6, 6.07) is 6.28. The summed E-state index contributed by atoms with van der Waals surface area (Å²) in [5.41, 5.74) is 0.478. The Kier molecular flexibility index (Phi) is 6.36. The van der Waals surface area contributed by atoms with E-state index in [1.165, 1.54) is 12.1 Å². The van der Waals surface area contributed by atoms with E-state index in [9.17, 15) is 13.2 Å². The molecule has 2 rings (SSSR count). The number of benzene rings is 1. The Hall–Kier alpha value is -1.89. The topological polar surface area (TPSA) is 87.6 Å². The van der Waals surface area contributed by atoms with Gasteiger partial charge in [-0.25, -0.2) is 8.42 Å². The summed E-state index contributed by atoms with van der Waals surface area (Å²) in [5, 5.41) is 2.74. The normalized spacial score (nSPS) is 15.5. The first kappa shape index (κ1) is 18.4. The molecule has 6 nitrogen and oxygen atoms in total. The molecule has 1 heterocycles. The highest BCUT2D eigenvalue weighted by molar-refractivity contribution is 7.90. The molecule has 1 aromatic rings. The maximum atomic E-state index is 12.5. The quantitative estimate of drug-likeness (QED) is 0.855. The fraction of sp³-hybridized carbons (Fsp3) is 0.529. The van der Waals surface area contributed by atoms with Gasteiger partial charge in [0.1, 0.15) is 5.84 Å². The number of anilines is 1. The minimum atomic E-state index is -3.69. The second kappa shape index (κ2) is 8.28. The zero-order valence-electron chi connectivity index (χ0n) is 14.2. The van der Waals surface area contributed by atoms with Crippen molar-refractivity contribution in [2.45, 2.75) is 50.8 Å². The highest BCUT2D eigenvalue weighted by Gasteiger charge is 2.18. The van der Waals surface area contributed by atoms with Gasteiger partial charge >= 0.3 is 0 Å². The minimum absolute atomic E-state index is 0.122. The van der Waals surface area contributed by atoms with Gasteiger partial charge in [-0.2, -0.15) is 0 Å². The van der Waals surface area contributed by atoms with Gasteiger partial charge in [-0.3, -0.25) is 14.5 Å². The van der Waals surface area contributed by atoms with Crippen molar-refractivity contribution in [1.29, 1.82) is 0 Å². The maximum absolute atomic E-state index is 12.5. The molecule has 0 atom stereocenters. The molecule has 0 aromatic heterocycles. The van der Waals surface area contributed by atoms with Crippen molar-refractivity contribution in [3.05, 3.63) is 24.3 Å². The molecule has 0 spiro atoms. The van der Waals surface area contributed by atoms with Crippen LogP contribution in [0.2, 0.25) is 0 Å². The monoisotopic (exact) mass is 351 g/mol. The molecule has 2 N–H and O–H groups in total. The van der Waals surface area contributed by atoms with Gasteiger partial charge < -0.3 is 5.32 Å². The molecule has 7 heteroatoms. The predicted molar refractivity (Wildman–Crippen MR) is 95.6 cm³/mol. The van der Waals surface area contributed by atoms with Crippen LogP contribution in [-0.2, 0) is 14.8 Å². The van der Waals surface area contributed by atoms with Gasteiger partial charge in [0.25, 0.3) is 10.0 Å². The summed E-state index contributed by atoms with van der Waals surface area (Å²) in [5.74, 6) is 0.634. The van der Waals surface area contributed by atoms with Crippen LogP contribution in [0.1, 0.15) is 46.0 Å². The first-order valence-corrected chi connectivity index (χ1v) is 9.81. The van der Waals surface area contributed by atoms with E-state index in [0.29, 0.717) is 30.9 Å². The van der Waals surface area contributed by atoms with Crippen LogP contribution < -0.4 is 10.0 Å². The first-order chi connectivity index (χ1) is 11.4. The second-order valence-corrected chi connectivity index (χ2v) is 8.10. The summed E-state index contributed by atoms with van der Waals surface area (Å²) < 4.78 is 27.6. The number of aliphatic imine (C=N–C) groups is 1. The van der Waals surface area contributed by atoms with Crippen molar-refractivity contribution in [3.63, 3.8) is 0 Å². The van der Waals surface area contributed by atoms with Crippen LogP contribution in [0.25, 0.3) is 0 Å². The Balaban J connectivity index is 2.11. The van der Waals surface area contributed by atoms with Gasteiger partial charge in [-0.05, 0) is 37.0 Å². The van der Waals surface area contributed by atoms with Crippen LogP contribution in [0, 0.1) is 5.92 Å². The molecular weight excluding hydrogens is 326 g/mol. The number of carbonyl (C=O) groups excluding carboxylic acids is 1. The van der Waals surface area contributed by atoms with Gasteiger partial charge in [0.15, 0.2) is 0 Å². The van der Waals surface area contributed by atoms with E-state index in [4.69, 9.17) is 0 Å². The van der Waals surface area contributed by atoms with Crippen molar-refractivity contribution < 1.29 is 13.2 Å². The van der Waals surface area contributed by atoms with Crippen LogP contribution in [0.4, 0.5) is 5.69 Å². The van der Waals surface area contributed by atoms with E-state index in [0.717, 1.165) is 19.3 Å². The molecule has 1 aliphatic heterocycles. The largest absolute Gasteiger partial charge is 0.326 e. The number of nitrogens with one attached hydrogen (secondary N) is 2. The smallest absolute Gasteiger partial charge is 0.262 e. The Labute approximate surface area is 143 Å². The third-order valence-electron chi connectivity index (χ3n) is 3.65. The van der Waals surface area contributed by atoms with E-state index in [1.807, 2.05) is 13.8 Å². The number of amidine groups is 1. The number of rotatable bonds is 5. The third kappa shape index (κ3) is 5.63. The molecule has 0 fully saturated rings. The van der Waals surface area contributed by atoms with Crippen molar-refractivity contribution in [3.8, 4) is 0 Å². The number of carbonyl (C=O) groups is 1. The lowest BCUT2D eigenvalue weighted by Crippen LogP contribution is -2.30. The van der Waals surface area contributed by atoms with E-state index in [-0.39, 0.29) is 16.7 Å². The summed E-state index contributed by atoms with van der Waals surface area (Å²) >= 11 is 0. The summed E-state index contributed by atoms with van der Waals surface area (Å²) in [4.78, 5) is 16.3. The molecule has 0 saturated heterocycles. The first-order valence-electron chi connectivity index (χ1n) is 8.33. The Bertz CT molecular complexity index is 712. The molecule has 24 heavy (non-hydrogen) atoms. The number of hydrogen-bond donors (Lipinski definition) is 2. The molecule has 1 aliphatic rings. The Morgan fingerprint density at radius 3 is 2.79 bits per heavy atom. The molecule has 1 aromatic carbocycles. The van der Waals surface area contributed by atoms with Crippen LogP contribution in [0.3, 0.4) is 0 Å². The number of amides is 1. The fourth-order valence-electron chi connectivity index (χ4n) is 2.50. The number of sulfonamides is 1. The van der Waals surface area contributed by atoms with Gasteiger partial charge in [0.2, 0.25) is 5.91 Å². The zero-order chi connectivity index (χ0) is 17.6. The molecule has 0 unspecified atom stereocenters. The van der Waals surface area contributed by atoms with Crippen molar-refractivity contribution in [2.24, 2.45) is 10.9 Å². The van der Waals surface area contributed by atoms with E-state index in [2.05, 4.69) is 15.0 Å². The lowest BCUT2D eigenvalue weighted by molar-refractivity contribution is -0.116. The van der Waals surface area contributed by atoms with Gasteiger partial charge in [-0.1, -0.05) is 26.3 Å². The minimum Gasteiger partial charge on any atom is -0.326 e. The average Bonchev–Trinajstić information content (AvgIpc) is 2.74. The predicted octanol–water partition coefficient (Wildman–Crippen LogP) is 2.92. The molecule has 132 valence electrons. The van der Waals surface area contributed by atoms with E-state index in [1.54, 1.807) is 12.1 Å². The van der Waals surface area contributed by atoms with Crippen molar-refractivity contribution in [2.75, 3.05) is 11.9 Å². The summed E-state index contributed by atoms with van der Waals surface area (Å²) in [6.45, 7) is 4.57. The molecule has 0 bridgehead atoms. The van der Waals surface area contributed by atoms with Crippen LogP contribution in [0.5, 0.6) is 0 Å². The highest BCUT2D eigenvalue weighted by atomic mass is 32.2. The SMILES string of the molecule is CC(C)CC(=O)Nc1cccc(S(=O)(=O)NC2=NCCCCC2)c1. The third-order valence-corrected chi connectivity index (χ3v) is 5.03. The van der Waals surface area contributed by atoms with Gasteiger partial charge in [0, 0.05) is 25.1 Å². The fourth-order valence-corrected chi connectivity index (χ4v) is 3.63. The van der Waals surface area contributed by atoms with Gasteiger partial charge in [0.05, 0.1) is 4.90 Å². The van der Waals surface area contributed by atoms with E-state index < -0.39 is 10.0 Å². The van der Waals surface area contributed by atoms with Crippen LogP contribution in [0.15, 0.2) is 34.2 Å². The Morgan fingerprint density at radius 1 is 1.25 bits per heavy atom. The molecule has 0 saturated carbocycles. The second-order valence-electron chi connectivity index (χ2n) is 6.42. The van der Waals surface area contributed by atoms with Crippen molar-refractivity contribution >= 4 is 27.5 Å². The molecule has 0 radical (unpaired) electrons.